The highest BCUT2D eigenvalue weighted by molar-refractivity contribution is 9.10. The highest BCUT2D eigenvalue weighted by Gasteiger charge is 2.14. The molecule has 0 bridgehead atoms. The number of hydrogen-bond acceptors (Lipinski definition) is 4. The first-order valence-electron chi connectivity index (χ1n) is 8.49. The van der Waals surface area contributed by atoms with Gasteiger partial charge in [0.25, 0.3) is 0 Å². The van der Waals surface area contributed by atoms with Crippen LogP contribution in [0.1, 0.15) is 5.69 Å². The molecule has 0 amide bonds. The van der Waals surface area contributed by atoms with Crippen molar-refractivity contribution in [3.8, 4) is 11.3 Å². The van der Waals surface area contributed by atoms with Crippen molar-refractivity contribution in [2.75, 3.05) is 6.26 Å². The maximum absolute atomic E-state index is 11.7. The van der Waals surface area contributed by atoms with Crippen LogP contribution in [-0.4, -0.2) is 30.3 Å². The lowest BCUT2D eigenvalue weighted by Gasteiger charge is -2.03. The third-order valence-corrected chi connectivity index (χ3v) is 5.94. The van der Waals surface area contributed by atoms with Gasteiger partial charge in [-0.2, -0.15) is 0 Å². The second-order valence-corrected chi connectivity index (χ2v) is 9.24. The molecule has 7 heteroatoms. The van der Waals surface area contributed by atoms with Gasteiger partial charge in [-0.25, -0.2) is 13.4 Å². The van der Waals surface area contributed by atoms with Crippen molar-refractivity contribution >= 4 is 43.3 Å². The molecule has 2 aromatic carbocycles. The monoisotopic (exact) mass is 453 g/mol. The van der Waals surface area contributed by atoms with Gasteiger partial charge in [0.15, 0.2) is 9.84 Å². The van der Waals surface area contributed by atoms with Gasteiger partial charge in [-0.3, -0.25) is 9.39 Å². The Bertz CT molecular complexity index is 1280. The van der Waals surface area contributed by atoms with E-state index in [1.807, 2.05) is 53.1 Å². The Morgan fingerprint density at radius 2 is 1.71 bits per heavy atom. The van der Waals surface area contributed by atoms with Crippen molar-refractivity contribution < 1.29 is 8.42 Å². The number of aromatic nitrogens is 2. The predicted octanol–water partition coefficient (Wildman–Crippen LogP) is 4.92. The minimum absolute atomic E-state index is 0.282. The molecule has 0 aliphatic carbocycles. The molecule has 0 atom stereocenters. The van der Waals surface area contributed by atoms with Crippen molar-refractivity contribution in [2.24, 2.45) is 4.99 Å². The molecule has 0 saturated carbocycles. The Morgan fingerprint density at radius 1 is 1.00 bits per heavy atom. The topological polar surface area (TPSA) is 63.8 Å². The van der Waals surface area contributed by atoms with Gasteiger partial charge in [-0.15, -0.1) is 0 Å². The SMILES string of the molecule is CS(=O)(=O)c1ccc(-c2nc3ccccn3c2C=Nc2ccc(Br)cc2)cc1. The number of halogens is 1. The first-order valence-corrected chi connectivity index (χ1v) is 11.2. The quantitative estimate of drug-likeness (QED) is 0.412. The lowest BCUT2D eigenvalue weighted by Crippen LogP contribution is -1.97. The lowest BCUT2D eigenvalue weighted by atomic mass is 10.1. The van der Waals surface area contributed by atoms with E-state index in [9.17, 15) is 8.42 Å². The van der Waals surface area contributed by atoms with Gasteiger partial charge in [-0.1, -0.05) is 34.1 Å². The molecular formula is C21H16BrN3O2S. The maximum Gasteiger partial charge on any atom is 0.175 e. The van der Waals surface area contributed by atoms with Crippen LogP contribution in [0.3, 0.4) is 0 Å². The van der Waals surface area contributed by atoms with Crippen LogP contribution in [0, 0.1) is 0 Å². The molecule has 2 aromatic heterocycles. The van der Waals surface area contributed by atoms with Crippen LogP contribution in [0.4, 0.5) is 5.69 Å². The summed E-state index contributed by atoms with van der Waals surface area (Å²) < 4.78 is 26.4. The van der Waals surface area contributed by atoms with Gasteiger partial charge in [0, 0.05) is 22.5 Å². The van der Waals surface area contributed by atoms with Crippen molar-refractivity contribution in [3.63, 3.8) is 0 Å². The molecule has 0 saturated heterocycles. The molecule has 0 fully saturated rings. The average molecular weight is 454 g/mol. The predicted molar refractivity (Wildman–Crippen MR) is 115 cm³/mol. The van der Waals surface area contributed by atoms with E-state index < -0.39 is 9.84 Å². The number of aliphatic imine (C=N–C) groups is 1. The van der Waals surface area contributed by atoms with Crippen LogP contribution in [0.15, 0.2) is 87.3 Å². The Balaban J connectivity index is 1.82. The Morgan fingerprint density at radius 3 is 2.39 bits per heavy atom. The molecule has 0 unspecified atom stereocenters. The molecule has 28 heavy (non-hydrogen) atoms. The fraction of sp³-hybridized carbons (Fsp3) is 0.0476. The minimum Gasteiger partial charge on any atom is -0.298 e. The van der Waals surface area contributed by atoms with Gasteiger partial charge in [0.1, 0.15) is 5.65 Å². The fourth-order valence-corrected chi connectivity index (χ4v) is 3.77. The number of hydrogen-bond donors (Lipinski definition) is 0. The maximum atomic E-state index is 11.7. The summed E-state index contributed by atoms with van der Waals surface area (Å²) in [4.78, 5) is 9.58. The Hall–Kier alpha value is -2.77. The van der Waals surface area contributed by atoms with E-state index in [2.05, 4.69) is 20.9 Å². The molecule has 140 valence electrons. The van der Waals surface area contributed by atoms with E-state index in [4.69, 9.17) is 4.98 Å². The first kappa shape index (κ1) is 18.6. The molecule has 0 aliphatic rings. The van der Waals surface area contributed by atoms with Crippen LogP contribution >= 0.6 is 15.9 Å². The third kappa shape index (κ3) is 3.76. The zero-order valence-electron chi connectivity index (χ0n) is 14.9. The second-order valence-electron chi connectivity index (χ2n) is 6.31. The molecular weight excluding hydrogens is 438 g/mol. The summed E-state index contributed by atoms with van der Waals surface area (Å²) in [5.74, 6) is 0. The summed E-state index contributed by atoms with van der Waals surface area (Å²) in [5, 5.41) is 0. The molecule has 5 nitrogen and oxygen atoms in total. The first-order chi connectivity index (χ1) is 13.4. The number of rotatable bonds is 4. The fourth-order valence-electron chi connectivity index (χ4n) is 2.87. The number of fused-ring (bicyclic) bond motifs is 1. The van der Waals surface area contributed by atoms with Gasteiger partial charge in [0.2, 0.25) is 0 Å². The van der Waals surface area contributed by atoms with Crippen LogP contribution in [0.5, 0.6) is 0 Å². The number of benzene rings is 2. The zero-order chi connectivity index (χ0) is 19.7. The van der Waals surface area contributed by atoms with E-state index in [1.165, 1.54) is 6.26 Å². The van der Waals surface area contributed by atoms with Gasteiger partial charge >= 0.3 is 0 Å². The molecule has 4 rings (SSSR count). The molecule has 0 radical (unpaired) electrons. The lowest BCUT2D eigenvalue weighted by molar-refractivity contribution is 0.602. The van der Waals surface area contributed by atoms with Gasteiger partial charge in [0.05, 0.1) is 28.2 Å². The summed E-state index contributed by atoms with van der Waals surface area (Å²) >= 11 is 3.42. The highest BCUT2D eigenvalue weighted by Crippen LogP contribution is 2.26. The van der Waals surface area contributed by atoms with Crippen molar-refractivity contribution in [1.29, 1.82) is 0 Å². The standard InChI is InChI=1S/C21H16BrN3O2S/c1-28(26,27)18-11-5-15(6-12-18)21-19(25-13-3-2-4-20(25)24-21)14-23-17-9-7-16(22)8-10-17/h2-14H,1H3. The Labute approximate surface area is 171 Å². The summed E-state index contributed by atoms with van der Waals surface area (Å²) in [5.41, 5.74) is 4.01. The molecule has 0 N–H and O–H groups in total. The summed E-state index contributed by atoms with van der Waals surface area (Å²) in [6.45, 7) is 0. The van der Waals surface area contributed by atoms with Crippen LogP contribution in [0.25, 0.3) is 16.9 Å². The zero-order valence-corrected chi connectivity index (χ0v) is 17.4. The average Bonchev–Trinajstić information content (AvgIpc) is 3.06. The second kappa shape index (κ2) is 7.33. The summed E-state index contributed by atoms with van der Waals surface area (Å²) in [6.07, 6.45) is 4.91. The smallest absolute Gasteiger partial charge is 0.175 e. The largest absolute Gasteiger partial charge is 0.298 e. The van der Waals surface area contributed by atoms with E-state index >= 15 is 0 Å². The van der Waals surface area contributed by atoms with Crippen LogP contribution < -0.4 is 0 Å². The van der Waals surface area contributed by atoms with E-state index in [1.54, 1.807) is 30.5 Å². The van der Waals surface area contributed by atoms with Crippen LogP contribution in [-0.2, 0) is 9.84 Å². The molecule has 2 heterocycles. The molecule has 0 aliphatic heterocycles. The van der Waals surface area contributed by atoms with Crippen LogP contribution in [0.2, 0.25) is 0 Å². The molecule has 0 spiro atoms. The number of sulfone groups is 1. The van der Waals surface area contributed by atoms with Gasteiger partial charge in [-0.05, 0) is 48.5 Å². The molecule has 4 aromatic rings. The van der Waals surface area contributed by atoms with E-state index in [0.29, 0.717) is 0 Å². The normalized spacial score (nSPS) is 12.1. The third-order valence-electron chi connectivity index (χ3n) is 4.29. The van der Waals surface area contributed by atoms with Crippen molar-refractivity contribution in [1.82, 2.24) is 9.38 Å². The van der Waals surface area contributed by atoms with E-state index in [0.717, 1.165) is 32.8 Å². The highest BCUT2D eigenvalue weighted by atomic mass is 79.9. The van der Waals surface area contributed by atoms with E-state index in [-0.39, 0.29) is 4.90 Å². The Kier molecular flexibility index (Phi) is 4.87. The summed E-state index contributed by atoms with van der Waals surface area (Å²) in [7, 11) is -3.24. The van der Waals surface area contributed by atoms with Gasteiger partial charge < -0.3 is 0 Å². The summed E-state index contributed by atoms with van der Waals surface area (Å²) in [6, 6.07) is 20.2. The van der Waals surface area contributed by atoms with Crippen molar-refractivity contribution in [2.45, 2.75) is 4.90 Å². The number of nitrogens with zero attached hydrogens (tertiary/aromatic N) is 3. The minimum atomic E-state index is -3.24. The number of imidazole rings is 1. The number of pyridine rings is 1. The van der Waals surface area contributed by atoms with Crippen molar-refractivity contribution in [3.05, 3.63) is 83.1 Å².